The highest BCUT2D eigenvalue weighted by molar-refractivity contribution is 7.17. The van der Waals surface area contributed by atoms with E-state index >= 15 is 0 Å². The summed E-state index contributed by atoms with van der Waals surface area (Å²) in [5, 5.41) is 7.06. The molecule has 3 saturated heterocycles. The van der Waals surface area contributed by atoms with Gasteiger partial charge in [-0.3, -0.25) is 9.80 Å². The SMILES string of the molecule is Cc1csc2ncnc(N3CCC4(CC3)CN3CC[C@@H](c5cc(F)cc(F)c5)N3C4=O)c12. The van der Waals surface area contributed by atoms with Crippen molar-refractivity contribution in [3.63, 3.8) is 0 Å². The second-order valence-corrected chi connectivity index (χ2v) is 9.97. The summed E-state index contributed by atoms with van der Waals surface area (Å²) in [5.41, 5.74) is 1.26. The van der Waals surface area contributed by atoms with Crippen LogP contribution in [-0.2, 0) is 4.79 Å². The lowest BCUT2D eigenvalue weighted by molar-refractivity contribution is -0.143. The van der Waals surface area contributed by atoms with Gasteiger partial charge in [0.15, 0.2) is 0 Å². The first-order valence-corrected chi connectivity index (χ1v) is 11.8. The highest BCUT2D eigenvalue weighted by atomic mass is 32.1. The lowest BCUT2D eigenvalue weighted by Crippen LogP contribution is -2.46. The Morgan fingerprint density at radius 1 is 1.09 bits per heavy atom. The van der Waals surface area contributed by atoms with Gasteiger partial charge in [-0.2, -0.15) is 0 Å². The summed E-state index contributed by atoms with van der Waals surface area (Å²) in [5.74, 6) is -0.173. The number of nitrogens with zero attached hydrogens (tertiary/aromatic N) is 5. The number of halogens is 2. The van der Waals surface area contributed by atoms with Gasteiger partial charge in [0.05, 0.1) is 16.8 Å². The van der Waals surface area contributed by atoms with E-state index in [-0.39, 0.29) is 11.9 Å². The maximum atomic E-state index is 13.8. The first-order valence-electron chi connectivity index (χ1n) is 10.9. The number of aryl methyl sites for hydroxylation is 1. The number of rotatable bonds is 2. The Labute approximate surface area is 188 Å². The van der Waals surface area contributed by atoms with Crippen molar-refractivity contribution in [3.05, 3.63) is 52.7 Å². The second-order valence-electron chi connectivity index (χ2n) is 9.11. The number of benzene rings is 1. The maximum absolute atomic E-state index is 13.8. The van der Waals surface area contributed by atoms with Crippen molar-refractivity contribution in [1.82, 2.24) is 20.0 Å². The van der Waals surface area contributed by atoms with E-state index < -0.39 is 17.0 Å². The van der Waals surface area contributed by atoms with Crippen LogP contribution in [0.4, 0.5) is 14.6 Å². The molecule has 1 amide bonds. The van der Waals surface area contributed by atoms with Gasteiger partial charge in [0.1, 0.15) is 28.6 Å². The fourth-order valence-electron chi connectivity index (χ4n) is 5.62. The molecular weight excluding hydrogens is 432 g/mol. The van der Waals surface area contributed by atoms with Gasteiger partial charge >= 0.3 is 0 Å². The van der Waals surface area contributed by atoms with Crippen LogP contribution in [-0.4, -0.2) is 52.1 Å². The quantitative estimate of drug-likeness (QED) is 0.583. The molecule has 3 aromatic rings. The predicted octanol–water partition coefficient (Wildman–Crippen LogP) is 4.07. The van der Waals surface area contributed by atoms with Gasteiger partial charge in [-0.25, -0.2) is 23.8 Å². The van der Waals surface area contributed by atoms with Crippen LogP contribution in [0.5, 0.6) is 0 Å². The van der Waals surface area contributed by atoms with E-state index in [2.05, 4.69) is 32.2 Å². The van der Waals surface area contributed by atoms with E-state index in [4.69, 9.17) is 0 Å². The highest BCUT2D eigenvalue weighted by Crippen LogP contribution is 2.48. The zero-order valence-electron chi connectivity index (χ0n) is 17.7. The van der Waals surface area contributed by atoms with Crippen LogP contribution >= 0.6 is 11.3 Å². The third-order valence-electron chi connectivity index (χ3n) is 7.23. The van der Waals surface area contributed by atoms with E-state index in [1.165, 1.54) is 17.7 Å². The molecule has 9 heteroatoms. The van der Waals surface area contributed by atoms with Crippen LogP contribution in [0.15, 0.2) is 29.9 Å². The van der Waals surface area contributed by atoms with Crippen molar-refractivity contribution in [2.75, 3.05) is 31.1 Å². The summed E-state index contributed by atoms with van der Waals surface area (Å²) in [6.45, 7) is 4.96. The third-order valence-corrected chi connectivity index (χ3v) is 8.24. The molecule has 3 fully saturated rings. The van der Waals surface area contributed by atoms with Gasteiger partial charge in [0, 0.05) is 32.2 Å². The minimum absolute atomic E-state index is 0.0869. The number of carbonyl (C=O) groups excluding carboxylic acids is 1. The molecule has 6 rings (SSSR count). The molecule has 1 aromatic carbocycles. The molecule has 0 aliphatic carbocycles. The van der Waals surface area contributed by atoms with Gasteiger partial charge in [0.2, 0.25) is 5.91 Å². The topological polar surface area (TPSA) is 52.6 Å². The zero-order valence-corrected chi connectivity index (χ0v) is 18.5. The van der Waals surface area contributed by atoms with Crippen molar-refractivity contribution in [3.8, 4) is 0 Å². The van der Waals surface area contributed by atoms with E-state index in [1.54, 1.807) is 22.7 Å². The smallest absolute Gasteiger partial charge is 0.245 e. The molecule has 0 saturated carbocycles. The normalized spacial score (nSPS) is 23.0. The molecule has 0 unspecified atom stereocenters. The second kappa shape index (κ2) is 7.18. The summed E-state index contributed by atoms with van der Waals surface area (Å²) in [7, 11) is 0. The minimum atomic E-state index is -0.604. The molecule has 6 nitrogen and oxygen atoms in total. The monoisotopic (exact) mass is 455 g/mol. The van der Waals surface area contributed by atoms with Crippen molar-refractivity contribution in [2.24, 2.45) is 5.41 Å². The Balaban J connectivity index is 1.24. The van der Waals surface area contributed by atoms with Gasteiger partial charge in [0.25, 0.3) is 0 Å². The van der Waals surface area contributed by atoms with E-state index in [1.807, 2.05) is 0 Å². The molecule has 32 heavy (non-hydrogen) atoms. The molecule has 1 atom stereocenters. The molecule has 3 aliphatic rings. The lowest BCUT2D eigenvalue weighted by Gasteiger charge is -2.38. The van der Waals surface area contributed by atoms with E-state index in [0.29, 0.717) is 18.5 Å². The van der Waals surface area contributed by atoms with Crippen molar-refractivity contribution in [1.29, 1.82) is 0 Å². The molecule has 0 N–H and O–H groups in total. The molecule has 0 bridgehead atoms. The predicted molar refractivity (Wildman–Crippen MR) is 118 cm³/mol. The first-order chi connectivity index (χ1) is 15.4. The summed E-state index contributed by atoms with van der Waals surface area (Å²) in [6.07, 6.45) is 3.77. The third kappa shape index (κ3) is 2.94. The summed E-state index contributed by atoms with van der Waals surface area (Å²) in [4.78, 5) is 25.8. The molecule has 1 spiro atoms. The van der Waals surface area contributed by atoms with Crippen LogP contribution < -0.4 is 4.90 Å². The maximum Gasteiger partial charge on any atom is 0.245 e. The van der Waals surface area contributed by atoms with Crippen molar-refractivity contribution < 1.29 is 13.6 Å². The molecule has 3 aliphatic heterocycles. The fraction of sp³-hybridized carbons (Fsp3) is 0.435. The number of thiophene rings is 1. The summed E-state index contributed by atoms with van der Waals surface area (Å²) in [6, 6.07) is 3.27. The highest BCUT2D eigenvalue weighted by Gasteiger charge is 2.56. The van der Waals surface area contributed by atoms with Crippen LogP contribution in [0, 0.1) is 24.0 Å². The average molecular weight is 456 g/mol. The van der Waals surface area contributed by atoms with Crippen LogP contribution in [0.3, 0.4) is 0 Å². The Morgan fingerprint density at radius 2 is 1.84 bits per heavy atom. The molecular formula is C23H23F2N5OS. The average Bonchev–Trinajstić information content (AvgIpc) is 3.43. The van der Waals surface area contributed by atoms with Crippen LogP contribution in [0.2, 0.25) is 0 Å². The molecule has 5 heterocycles. The van der Waals surface area contributed by atoms with Crippen LogP contribution in [0.1, 0.15) is 36.4 Å². The van der Waals surface area contributed by atoms with E-state index in [9.17, 15) is 13.6 Å². The number of piperidine rings is 1. The number of carbonyl (C=O) groups is 1. The standard InChI is InChI=1S/C23H23F2N5OS/c1-14-11-32-21-19(14)20(26-13-27-21)28-6-3-23(4-7-28)12-29-5-2-18(30(29)22(23)31)15-8-16(24)10-17(25)9-15/h8-11,13,18H,2-7,12H2,1H3/t18-/m0/s1. The lowest BCUT2D eigenvalue weighted by atomic mass is 9.77. The number of hydrogen-bond acceptors (Lipinski definition) is 6. The minimum Gasteiger partial charge on any atom is -0.356 e. The molecule has 0 radical (unpaired) electrons. The van der Waals surface area contributed by atoms with Crippen molar-refractivity contribution >= 4 is 33.3 Å². The number of aromatic nitrogens is 2. The molecule has 166 valence electrons. The number of fused-ring (bicyclic) bond motifs is 2. The Morgan fingerprint density at radius 3 is 2.59 bits per heavy atom. The largest absolute Gasteiger partial charge is 0.356 e. The number of hydrazine groups is 1. The van der Waals surface area contributed by atoms with Gasteiger partial charge in [-0.1, -0.05) is 0 Å². The molecule has 2 aromatic heterocycles. The van der Waals surface area contributed by atoms with Gasteiger partial charge in [-0.05, 0) is 54.8 Å². The fourth-order valence-corrected chi connectivity index (χ4v) is 6.50. The Bertz CT molecular complexity index is 1200. The summed E-state index contributed by atoms with van der Waals surface area (Å²) >= 11 is 1.62. The Kier molecular flexibility index (Phi) is 4.49. The zero-order chi connectivity index (χ0) is 22.0. The number of hydrogen-bond donors (Lipinski definition) is 0. The van der Waals surface area contributed by atoms with Gasteiger partial charge in [-0.15, -0.1) is 11.3 Å². The first kappa shape index (κ1) is 20.0. The van der Waals surface area contributed by atoms with Crippen molar-refractivity contribution in [2.45, 2.75) is 32.2 Å². The van der Waals surface area contributed by atoms with E-state index in [0.717, 1.165) is 54.6 Å². The Hall–Kier alpha value is -2.65. The number of anilines is 1. The number of amides is 1. The summed E-state index contributed by atoms with van der Waals surface area (Å²) < 4.78 is 27.6. The van der Waals surface area contributed by atoms with Gasteiger partial charge < -0.3 is 4.90 Å². The van der Waals surface area contributed by atoms with Crippen LogP contribution in [0.25, 0.3) is 10.2 Å².